The summed E-state index contributed by atoms with van der Waals surface area (Å²) in [5.41, 5.74) is 2.43. The molecule has 0 amide bonds. The third-order valence-corrected chi connectivity index (χ3v) is 4.44. The van der Waals surface area contributed by atoms with E-state index in [4.69, 9.17) is 4.52 Å². The SMILES string of the molecule is O=[S@](Cc1ccc(F)cc1)Cc1cc(-c2ccccc2)on1. The minimum Gasteiger partial charge on any atom is -0.356 e. The highest BCUT2D eigenvalue weighted by Crippen LogP contribution is 2.20. The Morgan fingerprint density at radius 2 is 1.73 bits per heavy atom. The van der Waals surface area contributed by atoms with Gasteiger partial charge in [-0.05, 0) is 17.7 Å². The van der Waals surface area contributed by atoms with Crippen LogP contribution in [-0.2, 0) is 22.3 Å². The van der Waals surface area contributed by atoms with Crippen molar-refractivity contribution >= 4 is 10.8 Å². The Balaban J connectivity index is 1.65. The summed E-state index contributed by atoms with van der Waals surface area (Å²) in [6, 6.07) is 17.5. The van der Waals surface area contributed by atoms with Crippen molar-refractivity contribution in [1.29, 1.82) is 0 Å². The molecule has 1 aromatic heterocycles. The molecular formula is C17H14FNO2S. The monoisotopic (exact) mass is 315 g/mol. The van der Waals surface area contributed by atoms with Gasteiger partial charge in [0, 0.05) is 28.2 Å². The Hall–Kier alpha value is -2.27. The minimum absolute atomic E-state index is 0.293. The summed E-state index contributed by atoms with van der Waals surface area (Å²) >= 11 is 0. The van der Waals surface area contributed by atoms with Gasteiger partial charge in [-0.15, -0.1) is 0 Å². The molecular weight excluding hydrogens is 301 g/mol. The Bertz CT molecular complexity index is 769. The molecule has 112 valence electrons. The first-order valence-corrected chi connectivity index (χ1v) is 8.30. The highest BCUT2D eigenvalue weighted by Gasteiger charge is 2.10. The second-order valence-electron chi connectivity index (χ2n) is 4.90. The first-order chi connectivity index (χ1) is 10.7. The Morgan fingerprint density at radius 1 is 1.00 bits per heavy atom. The fourth-order valence-corrected chi connectivity index (χ4v) is 3.23. The molecule has 0 radical (unpaired) electrons. The van der Waals surface area contributed by atoms with Gasteiger partial charge in [0.1, 0.15) is 5.82 Å². The standard InChI is InChI=1S/C17H14FNO2S/c18-15-8-6-13(7-9-15)11-22(20)12-16-10-17(21-19-16)14-4-2-1-3-5-14/h1-10H,11-12H2/t22-/m1/s1. The van der Waals surface area contributed by atoms with Gasteiger partial charge >= 0.3 is 0 Å². The zero-order valence-corrected chi connectivity index (χ0v) is 12.6. The highest BCUT2D eigenvalue weighted by molar-refractivity contribution is 7.83. The van der Waals surface area contributed by atoms with Crippen LogP contribution in [0, 0.1) is 5.82 Å². The number of hydrogen-bond donors (Lipinski definition) is 0. The van der Waals surface area contributed by atoms with Gasteiger partial charge in [-0.25, -0.2) is 4.39 Å². The van der Waals surface area contributed by atoms with Gasteiger partial charge in [-0.1, -0.05) is 47.6 Å². The van der Waals surface area contributed by atoms with Crippen LogP contribution in [0.3, 0.4) is 0 Å². The van der Waals surface area contributed by atoms with Gasteiger partial charge in [-0.2, -0.15) is 0 Å². The number of aromatic nitrogens is 1. The molecule has 1 heterocycles. The van der Waals surface area contributed by atoms with Crippen molar-refractivity contribution < 1.29 is 13.1 Å². The summed E-state index contributed by atoms with van der Waals surface area (Å²) in [6.45, 7) is 0. The van der Waals surface area contributed by atoms with E-state index in [1.807, 2.05) is 30.3 Å². The molecule has 0 aliphatic carbocycles. The molecule has 0 saturated carbocycles. The van der Waals surface area contributed by atoms with E-state index >= 15 is 0 Å². The zero-order valence-electron chi connectivity index (χ0n) is 11.7. The molecule has 2 aromatic carbocycles. The second-order valence-corrected chi connectivity index (χ2v) is 6.36. The average Bonchev–Trinajstić information content (AvgIpc) is 2.99. The molecule has 0 spiro atoms. The molecule has 3 aromatic rings. The Labute approximate surface area is 130 Å². The number of benzene rings is 2. The third-order valence-electron chi connectivity index (χ3n) is 3.17. The second kappa shape index (κ2) is 6.66. The van der Waals surface area contributed by atoms with E-state index in [2.05, 4.69) is 5.16 Å². The highest BCUT2D eigenvalue weighted by atomic mass is 32.2. The van der Waals surface area contributed by atoms with E-state index in [-0.39, 0.29) is 5.82 Å². The average molecular weight is 315 g/mol. The largest absolute Gasteiger partial charge is 0.356 e. The summed E-state index contributed by atoms with van der Waals surface area (Å²) in [5, 5.41) is 3.96. The molecule has 1 atom stereocenters. The third kappa shape index (κ3) is 3.68. The fraction of sp³-hybridized carbons (Fsp3) is 0.118. The van der Waals surface area contributed by atoms with E-state index in [0.29, 0.717) is 23.0 Å². The molecule has 3 rings (SSSR count). The molecule has 0 N–H and O–H groups in total. The van der Waals surface area contributed by atoms with Crippen molar-refractivity contribution in [2.75, 3.05) is 0 Å². The summed E-state index contributed by atoms with van der Waals surface area (Å²) in [5.74, 6) is 1.05. The van der Waals surface area contributed by atoms with Crippen LogP contribution in [-0.4, -0.2) is 9.37 Å². The summed E-state index contributed by atoms with van der Waals surface area (Å²) in [4.78, 5) is 0. The smallest absolute Gasteiger partial charge is 0.167 e. The maximum atomic E-state index is 12.8. The van der Waals surface area contributed by atoms with E-state index in [1.54, 1.807) is 18.2 Å². The van der Waals surface area contributed by atoms with Gasteiger partial charge in [0.15, 0.2) is 5.76 Å². The van der Waals surface area contributed by atoms with Gasteiger partial charge in [0.25, 0.3) is 0 Å². The first kappa shape index (κ1) is 14.7. The van der Waals surface area contributed by atoms with Crippen LogP contribution < -0.4 is 0 Å². The molecule has 0 bridgehead atoms. The number of nitrogens with zero attached hydrogens (tertiary/aromatic N) is 1. The predicted molar refractivity (Wildman–Crippen MR) is 83.9 cm³/mol. The van der Waals surface area contributed by atoms with Crippen LogP contribution in [0.15, 0.2) is 65.2 Å². The molecule has 22 heavy (non-hydrogen) atoms. The van der Waals surface area contributed by atoms with Crippen molar-refractivity contribution in [2.24, 2.45) is 0 Å². The molecule has 0 aliphatic rings. The maximum absolute atomic E-state index is 12.8. The van der Waals surface area contributed by atoms with E-state index in [9.17, 15) is 8.60 Å². The van der Waals surface area contributed by atoms with Crippen molar-refractivity contribution in [2.45, 2.75) is 11.5 Å². The normalized spacial score (nSPS) is 12.2. The van der Waals surface area contributed by atoms with Crippen molar-refractivity contribution in [1.82, 2.24) is 5.16 Å². The summed E-state index contributed by atoms with van der Waals surface area (Å²) < 4.78 is 30.3. The number of hydrogen-bond acceptors (Lipinski definition) is 3. The Kier molecular flexibility index (Phi) is 4.44. The lowest BCUT2D eigenvalue weighted by Crippen LogP contribution is -1.99. The minimum atomic E-state index is -1.12. The maximum Gasteiger partial charge on any atom is 0.167 e. The van der Waals surface area contributed by atoms with Crippen LogP contribution in [0.1, 0.15) is 11.3 Å². The molecule has 0 fully saturated rings. The lowest BCUT2D eigenvalue weighted by molar-refractivity contribution is 0.426. The molecule has 5 heteroatoms. The van der Waals surface area contributed by atoms with Gasteiger partial charge in [-0.3, -0.25) is 4.21 Å². The van der Waals surface area contributed by atoms with Crippen molar-refractivity contribution in [3.05, 3.63) is 77.7 Å². The van der Waals surface area contributed by atoms with E-state index in [1.165, 1.54) is 12.1 Å². The van der Waals surface area contributed by atoms with E-state index in [0.717, 1.165) is 11.1 Å². The number of halogens is 1. The molecule has 0 saturated heterocycles. The fourth-order valence-electron chi connectivity index (χ4n) is 2.10. The quantitative estimate of drug-likeness (QED) is 0.716. The number of rotatable bonds is 5. The van der Waals surface area contributed by atoms with Gasteiger partial charge in [0.05, 0.1) is 11.4 Å². The van der Waals surface area contributed by atoms with Crippen molar-refractivity contribution in [3.63, 3.8) is 0 Å². The summed E-state index contributed by atoms with van der Waals surface area (Å²) in [7, 11) is -1.12. The predicted octanol–water partition coefficient (Wildman–Crippen LogP) is 3.93. The Morgan fingerprint density at radius 3 is 2.45 bits per heavy atom. The topological polar surface area (TPSA) is 43.1 Å². The molecule has 0 aliphatic heterocycles. The summed E-state index contributed by atoms with van der Waals surface area (Å²) in [6.07, 6.45) is 0. The molecule has 3 nitrogen and oxygen atoms in total. The lowest BCUT2D eigenvalue weighted by atomic mass is 10.2. The van der Waals surface area contributed by atoms with Crippen LogP contribution in [0.25, 0.3) is 11.3 Å². The van der Waals surface area contributed by atoms with Crippen LogP contribution >= 0.6 is 0 Å². The van der Waals surface area contributed by atoms with Crippen LogP contribution in [0.2, 0.25) is 0 Å². The molecule has 0 unspecified atom stereocenters. The van der Waals surface area contributed by atoms with Crippen molar-refractivity contribution in [3.8, 4) is 11.3 Å². The van der Waals surface area contributed by atoms with Crippen LogP contribution in [0.5, 0.6) is 0 Å². The van der Waals surface area contributed by atoms with Gasteiger partial charge < -0.3 is 4.52 Å². The van der Waals surface area contributed by atoms with E-state index < -0.39 is 10.8 Å². The first-order valence-electron chi connectivity index (χ1n) is 6.81. The van der Waals surface area contributed by atoms with Crippen LogP contribution in [0.4, 0.5) is 4.39 Å². The van der Waals surface area contributed by atoms with Gasteiger partial charge in [0.2, 0.25) is 0 Å². The zero-order chi connectivity index (χ0) is 15.4. The lowest BCUT2D eigenvalue weighted by Gasteiger charge is -2.00.